The lowest BCUT2D eigenvalue weighted by Gasteiger charge is -2.20. The molecule has 0 aromatic carbocycles. The van der Waals surface area contributed by atoms with E-state index < -0.39 is 11.7 Å². The van der Waals surface area contributed by atoms with Crippen molar-refractivity contribution in [3.8, 4) is 0 Å². The molecule has 0 aromatic rings. The molecule has 1 unspecified atom stereocenters. The summed E-state index contributed by atoms with van der Waals surface area (Å²) in [4.78, 5) is 15.6. The molecule has 0 saturated carbocycles. The molecule has 1 aliphatic rings. The van der Waals surface area contributed by atoms with Gasteiger partial charge in [0.15, 0.2) is 5.96 Å². The van der Waals surface area contributed by atoms with Crippen LogP contribution in [-0.4, -0.2) is 57.0 Å². The summed E-state index contributed by atoms with van der Waals surface area (Å²) in [6.45, 7) is 8.14. The Hall–Kier alpha value is -1.50. The molecule has 1 atom stereocenters. The molecule has 0 bridgehead atoms. The van der Waals surface area contributed by atoms with Crippen molar-refractivity contribution in [2.75, 3.05) is 33.3 Å². The summed E-state index contributed by atoms with van der Waals surface area (Å²) in [7, 11) is 1.71. The van der Waals surface area contributed by atoms with Gasteiger partial charge in [0.2, 0.25) is 0 Å². The van der Waals surface area contributed by atoms with Gasteiger partial charge in [-0.1, -0.05) is 0 Å². The van der Waals surface area contributed by atoms with Gasteiger partial charge in [0.25, 0.3) is 0 Å². The lowest BCUT2D eigenvalue weighted by Crippen LogP contribution is -2.44. The highest BCUT2D eigenvalue weighted by atomic mass is 16.6. The molecule has 1 heterocycles. The normalized spacial score (nSPS) is 19.2. The van der Waals surface area contributed by atoms with Crippen LogP contribution in [0.2, 0.25) is 0 Å². The Morgan fingerprint density at radius 3 is 2.57 bits per heavy atom. The summed E-state index contributed by atoms with van der Waals surface area (Å²) in [5, 5.41) is 9.02. The first-order chi connectivity index (χ1) is 9.90. The third kappa shape index (κ3) is 8.39. The van der Waals surface area contributed by atoms with E-state index in [0.29, 0.717) is 19.0 Å². The first-order valence-corrected chi connectivity index (χ1v) is 7.43. The van der Waals surface area contributed by atoms with Gasteiger partial charge in [-0.2, -0.15) is 0 Å². The Kier molecular flexibility index (Phi) is 7.28. The van der Waals surface area contributed by atoms with Crippen molar-refractivity contribution in [3.63, 3.8) is 0 Å². The highest BCUT2D eigenvalue weighted by Gasteiger charge is 2.16. The summed E-state index contributed by atoms with van der Waals surface area (Å²) in [6.07, 6.45) is 2.07. The Bertz CT molecular complexity index is 347. The molecule has 1 amide bonds. The number of carbonyl (C=O) groups is 1. The maximum absolute atomic E-state index is 11.4. The van der Waals surface area contributed by atoms with Crippen molar-refractivity contribution in [2.45, 2.75) is 45.3 Å². The van der Waals surface area contributed by atoms with Gasteiger partial charge in [0.05, 0.1) is 6.10 Å². The highest BCUT2D eigenvalue weighted by Crippen LogP contribution is 2.10. The van der Waals surface area contributed by atoms with Crippen LogP contribution in [0.25, 0.3) is 0 Å². The largest absolute Gasteiger partial charge is 0.444 e. The van der Waals surface area contributed by atoms with Gasteiger partial charge >= 0.3 is 6.09 Å². The van der Waals surface area contributed by atoms with E-state index in [4.69, 9.17) is 9.47 Å². The van der Waals surface area contributed by atoms with Crippen LogP contribution in [0.1, 0.15) is 33.6 Å². The van der Waals surface area contributed by atoms with E-state index in [1.165, 1.54) is 0 Å². The maximum Gasteiger partial charge on any atom is 0.407 e. The third-order valence-corrected chi connectivity index (χ3v) is 2.83. The smallest absolute Gasteiger partial charge is 0.407 e. The van der Waals surface area contributed by atoms with E-state index in [1.54, 1.807) is 7.05 Å². The molecule has 1 aliphatic heterocycles. The Labute approximate surface area is 126 Å². The van der Waals surface area contributed by atoms with Crippen LogP contribution >= 0.6 is 0 Å². The lowest BCUT2D eigenvalue weighted by atomic mass is 10.2. The van der Waals surface area contributed by atoms with E-state index >= 15 is 0 Å². The fraction of sp³-hybridized carbons (Fsp3) is 0.857. The predicted molar refractivity (Wildman–Crippen MR) is 82.6 cm³/mol. The Morgan fingerprint density at radius 2 is 2.00 bits per heavy atom. The summed E-state index contributed by atoms with van der Waals surface area (Å²) < 4.78 is 10.7. The monoisotopic (exact) mass is 300 g/mol. The van der Waals surface area contributed by atoms with Crippen molar-refractivity contribution in [1.29, 1.82) is 0 Å². The van der Waals surface area contributed by atoms with Gasteiger partial charge in [0.1, 0.15) is 5.60 Å². The number of ether oxygens (including phenoxy) is 2. The number of rotatable bonds is 5. The van der Waals surface area contributed by atoms with Crippen molar-refractivity contribution in [1.82, 2.24) is 16.0 Å². The zero-order valence-electron chi connectivity index (χ0n) is 13.5. The minimum Gasteiger partial charge on any atom is -0.444 e. The number of carbonyl (C=O) groups excluding carboxylic acids is 1. The standard InChI is InChI=1S/C14H28N4O3/c1-14(2,3)21-13(19)17-8-7-16-12(15-4)18-10-11-6-5-9-20-11/h11H,5-10H2,1-4H3,(H,17,19)(H2,15,16,18). The number of nitrogens with zero attached hydrogens (tertiary/aromatic N) is 1. The number of guanidine groups is 1. The van der Waals surface area contributed by atoms with Crippen LogP contribution in [0.3, 0.4) is 0 Å². The molecular formula is C14H28N4O3. The number of alkyl carbamates (subject to hydrolysis) is 1. The second kappa shape index (κ2) is 8.71. The van der Waals surface area contributed by atoms with Gasteiger partial charge < -0.3 is 25.4 Å². The van der Waals surface area contributed by atoms with Crippen molar-refractivity contribution >= 4 is 12.1 Å². The summed E-state index contributed by atoms with van der Waals surface area (Å²) in [5.74, 6) is 0.705. The lowest BCUT2D eigenvalue weighted by molar-refractivity contribution is 0.0529. The molecule has 122 valence electrons. The molecule has 0 aromatic heterocycles. The topological polar surface area (TPSA) is 84.0 Å². The van der Waals surface area contributed by atoms with E-state index in [2.05, 4.69) is 20.9 Å². The van der Waals surface area contributed by atoms with Gasteiger partial charge in [-0.3, -0.25) is 4.99 Å². The second-order valence-corrected chi connectivity index (χ2v) is 5.94. The summed E-state index contributed by atoms with van der Waals surface area (Å²) in [5.41, 5.74) is -0.476. The van der Waals surface area contributed by atoms with Crippen LogP contribution < -0.4 is 16.0 Å². The van der Waals surface area contributed by atoms with Gasteiger partial charge in [-0.05, 0) is 33.6 Å². The number of aliphatic imine (C=N–C) groups is 1. The summed E-state index contributed by atoms with van der Waals surface area (Å²) >= 11 is 0. The van der Waals surface area contributed by atoms with Gasteiger partial charge in [-0.25, -0.2) is 4.79 Å². The van der Waals surface area contributed by atoms with Crippen molar-refractivity contribution < 1.29 is 14.3 Å². The number of hydrogen-bond acceptors (Lipinski definition) is 4. The third-order valence-electron chi connectivity index (χ3n) is 2.83. The highest BCUT2D eigenvalue weighted by molar-refractivity contribution is 5.79. The summed E-state index contributed by atoms with van der Waals surface area (Å²) in [6, 6.07) is 0. The quantitative estimate of drug-likeness (QED) is 0.398. The van der Waals surface area contributed by atoms with E-state index in [9.17, 15) is 4.79 Å². The van der Waals surface area contributed by atoms with Crippen LogP contribution in [-0.2, 0) is 9.47 Å². The molecular weight excluding hydrogens is 272 g/mol. The van der Waals surface area contributed by atoms with Crippen molar-refractivity contribution in [3.05, 3.63) is 0 Å². The number of hydrogen-bond donors (Lipinski definition) is 3. The zero-order chi connectivity index (χ0) is 15.7. The fourth-order valence-electron chi connectivity index (χ4n) is 1.90. The van der Waals surface area contributed by atoms with Crippen LogP contribution in [0, 0.1) is 0 Å². The number of amides is 1. The van der Waals surface area contributed by atoms with Crippen LogP contribution in [0.4, 0.5) is 4.79 Å². The number of nitrogens with one attached hydrogen (secondary N) is 3. The van der Waals surface area contributed by atoms with E-state index in [1.807, 2.05) is 20.8 Å². The van der Waals surface area contributed by atoms with Gasteiger partial charge in [-0.15, -0.1) is 0 Å². The first kappa shape index (κ1) is 17.6. The average molecular weight is 300 g/mol. The molecule has 7 nitrogen and oxygen atoms in total. The molecule has 0 radical (unpaired) electrons. The first-order valence-electron chi connectivity index (χ1n) is 7.43. The molecule has 3 N–H and O–H groups in total. The Balaban J connectivity index is 2.10. The minimum atomic E-state index is -0.476. The maximum atomic E-state index is 11.4. The Morgan fingerprint density at radius 1 is 1.29 bits per heavy atom. The molecule has 1 rings (SSSR count). The predicted octanol–water partition coefficient (Wildman–Crippen LogP) is 0.855. The van der Waals surface area contributed by atoms with E-state index in [0.717, 1.165) is 26.0 Å². The van der Waals surface area contributed by atoms with Gasteiger partial charge in [0, 0.05) is 33.3 Å². The molecule has 7 heteroatoms. The molecule has 0 spiro atoms. The molecule has 1 saturated heterocycles. The molecule has 21 heavy (non-hydrogen) atoms. The molecule has 1 fully saturated rings. The van der Waals surface area contributed by atoms with Crippen LogP contribution in [0.5, 0.6) is 0 Å². The van der Waals surface area contributed by atoms with Crippen molar-refractivity contribution in [2.24, 2.45) is 4.99 Å². The SMILES string of the molecule is CN=C(NCCNC(=O)OC(C)(C)C)NCC1CCCO1. The molecule has 0 aliphatic carbocycles. The second-order valence-electron chi connectivity index (χ2n) is 5.94. The fourth-order valence-corrected chi connectivity index (χ4v) is 1.90. The average Bonchev–Trinajstić information content (AvgIpc) is 2.89. The minimum absolute atomic E-state index is 0.267. The zero-order valence-corrected chi connectivity index (χ0v) is 13.5. The van der Waals surface area contributed by atoms with E-state index in [-0.39, 0.29) is 6.10 Å². The van der Waals surface area contributed by atoms with Crippen LogP contribution in [0.15, 0.2) is 4.99 Å².